The van der Waals surface area contributed by atoms with Gasteiger partial charge in [0, 0.05) is 13.0 Å². The number of halogens is 1. The number of unbranched alkanes of at least 4 members (excludes halogenated alkanes) is 1. The largest absolute Gasteiger partial charge is 0.493 e. The topological polar surface area (TPSA) is 84.9 Å². The van der Waals surface area contributed by atoms with E-state index in [9.17, 15) is 14.0 Å². The van der Waals surface area contributed by atoms with Gasteiger partial charge in [-0.3, -0.25) is 9.59 Å². The second-order valence-corrected chi connectivity index (χ2v) is 4.26. The highest BCUT2D eigenvalue weighted by atomic mass is 19.1. The van der Waals surface area contributed by atoms with Crippen molar-refractivity contribution in [1.82, 2.24) is 5.32 Å². The summed E-state index contributed by atoms with van der Waals surface area (Å²) in [7, 11) is 2.71. The van der Waals surface area contributed by atoms with Gasteiger partial charge in [0.25, 0.3) is 5.91 Å². The summed E-state index contributed by atoms with van der Waals surface area (Å²) in [6.45, 7) is 0.256. The number of carboxylic acid groups (broad SMARTS) is 1. The first-order chi connectivity index (χ1) is 10.0. The van der Waals surface area contributed by atoms with Gasteiger partial charge in [0.1, 0.15) is 11.4 Å². The molecular formula is C14H18FNO5. The second-order valence-electron chi connectivity index (χ2n) is 4.26. The molecule has 0 heterocycles. The Labute approximate surface area is 121 Å². The number of methoxy groups -OCH3 is 2. The van der Waals surface area contributed by atoms with Gasteiger partial charge < -0.3 is 19.9 Å². The van der Waals surface area contributed by atoms with Crippen LogP contribution in [0, 0.1) is 5.82 Å². The average molecular weight is 299 g/mol. The second kappa shape index (κ2) is 8.08. The molecule has 0 spiro atoms. The molecule has 1 amide bonds. The van der Waals surface area contributed by atoms with Crippen molar-refractivity contribution in [1.29, 1.82) is 0 Å². The van der Waals surface area contributed by atoms with E-state index in [1.165, 1.54) is 20.3 Å². The predicted octanol–water partition coefficient (Wildman–Crippen LogP) is 1.83. The van der Waals surface area contributed by atoms with E-state index in [0.29, 0.717) is 12.8 Å². The molecule has 0 saturated heterocycles. The van der Waals surface area contributed by atoms with E-state index in [1.807, 2.05) is 0 Å². The van der Waals surface area contributed by atoms with Crippen LogP contribution >= 0.6 is 0 Å². The zero-order valence-corrected chi connectivity index (χ0v) is 11.9. The van der Waals surface area contributed by atoms with Gasteiger partial charge in [0.05, 0.1) is 14.2 Å². The maximum absolute atomic E-state index is 13.8. The summed E-state index contributed by atoms with van der Waals surface area (Å²) in [6, 6.07) is 2.50. The van der Waals surface area contributed by atoms with Gasteiger partial charge in [0.15, 0.2) is 11.5 Å². The molecule has 0 aliphatic heterocycles. The first-order valence-corrected chi connectivity index (χ1v) is 6.41. The maximum Gasteiger partial charge on any atom is 0.303 e. The Bertz CT molecular complexity index is 518. The molecule has 0 atom stereocenters. The lowest BCUT2D eigenvalue weighted by Crippen LogP contribution is -2.26. The van der Waals surface area contributed by atoms with E-state index in [2.05, 4.69) is 5.32 Å². The van der Waals surface area contributed by atoms with Crippen molar-refractivity contribution in [2.45, 2.75) is 19.3 Å². The van der Waals surface area contributed by atoms with E-state index in [1.54, 1.807) is 0 Å². The molecule has 6 nitrogen and oxygen atoms in total. The number of nitrogens with one attached hydrogen (secondary N) is 1. The number of ether oxygens (including phenoxy) is 2. The minimum atomic E-state index is -0.887. The van der Waals surface area contributed by atoms with Gasteiger partial charge in [-0.15, -0.1) is 0 Å². The van der Waals surface area contributed by atoms with E-state index >= 15 is 0 Å². The Kier molecular flexibility index (Phi) is 6.45. The Morgan fingerprint density at radius 3 is 2.52 bits per heavy atom. The van der Waals surface area contributed by atoms with Crippen LogP contribution in [0.15, 0.2) is 12.1 Å². The quantitative estimate of drug-likeness (QED) is 0.715. The zero-order chi connectivity index (χ0) is 15.8. The molecule has 0 fully saturated rings. The van der Waals surface area contributed by atoms with Crippen LogP contribution in [0.25, 0.3) is 0 Å². The first kappa shape index (κ1) is 16.7. The number of hydrogen-bond acceptors (Lipinski definition) is 4. The third-order valence-electron chi connectivity index (χ3n) is 2.82. The monoisotopic (exact) mass is 299 g/mol. The van der Waals surface area contributed by atoms with Crippen molar-refractivity contribution in [3.05, 3.63) is 23.5 Å². The molecule has 116 valence electrons. The Balaban J connectivity index is 2.71. The summed E-state index contributed by atoms with van der Waals surface area (Å²) in [5.41, 5.74) is -0.227. The van der Waals surface area contributed by atoms with Crippen LogP contribution in [0.2, 0.25) is 0 Å². The number of rotatable bonds is 8. The molecule has 7 heteroatoms. The Morgan fingerprint density at radius 1 is 1.24 bits per heavy atom. The molecule has 0 aliphatic rings. The lowest BCUT2D eigenvalue weighted by molar-refractivity contribution is -0.137. The van der Waals surface area contributed by atoms with Gasteiger partial charge in [-0.05, 0) is 25.0 Å². The van der Waals surface area contributed by atoms with Crippen molar-refractivity contribution >= 4 is 11.9 Å². The number of aliphatic carboxylic acids is 1. The molecule has 0 saturated carbocycles. The fraction of sp³-hybridized carbons (Fsp3) is 0.429. The third kappa shape index (κ3) is 4.62. The minimum Gasteiger partial charge on any atom is -0.493 e. The summed E-state index contributed by atoms with van der Waals surface area (Å²) < 4.78 is 23.9. The SMILES string of the molecule is COc1ccc(F)c(C(=O)NCCCCC(=O)O)c1OC. The van der Waals surface area contributed by atoms with Crippen LogP contribution in [0.1, 0.15) is 29.6 Å². The predicted molar refractivity (Wildman–Crippen MR) is 73.3 cm³/mol. The molecule has 1 aromatic rings. The van der Waals surface area contributed by atoms with Crippen molar-refractivity contribution in [2.75, 3.05) is 20.8 Å². The van der Waals surface area contributed by atoms with Gasteiger partial charge in [-0.1, -0.05) is 0 Å². The van der Waals surface area contributed by atoms with Gasteiger partial charge in [-0.2, -0.15) is 0 Å². The lowest BCUT2D eigenvalue weighted by Gasteiger charge is -2.13. The van der Waals surface area contributed by atoms with E-state index in [-0.39, 0.29) is 30.0 Å². The smallest absolute Gasteiger partial charge is 0.303 e. The van der Waals surface area contributed by atoms with E-state index in [0.717, 1.165) is 6.07 Å². The number of carbonyl (C=O) groups excluding carboxylic acids is 1. The molecule has 1 rings (SSSR count). The number of amides is 1. The highest BCUT2D eigenvalue weighted by Crippen LogP contribution is 2.32. The summed E-state index contributed by atoms with van der Waals surface area (Å²) in [5.74, 6) is -1.94. The van der Waals surface area contributed by atoms with Crippen molar-refractivity contribution < 1.29 is 28.6 Å². The minimum absolute atomic E-state index is 0.0283. The molecule has 2 N–H and O–H groups in total. The Hall–Kier alpha value is -2.31. The van der Waals surface area contributed by atoms with E-state index in [4.69, 9.17) is 14.6 Å². The molecule has 0 aromatic heterocycles. The summed E-state index contributed by atoms with van der Waals surface area (Å²) in [4.78, 5) is 22.4. The van der Waals surface area contributed by atoms with Gasteiger partial charge in [-0.25, -0.2) is 4.39 Å². The third-order valence-corrected chi connectivity index (χ3v) is 2.82. The van der Waals surface area contributed by atoms with Crippen LogP contribution < -0.4 is 14.8 Å². The molecular weight excluding hydrogens is 281 g/mol. The van der Waals surface area contributed by atoms with Crippen LogP contribution in [0.5, 0.6) is 11.5 Å². The highest BCUT2D eigenvalue weighted by molar-refractivity contribution is 5.98. The van der Waals surface area contributed by atoms with Crippen molar-refractivity contribution in [2.24, 2.45) is 0 Å². The molecule has 0 aliphatic carbocycles. The van der Waals surface area contributed by atoms with Gasteiger partial charge >= 0.3 is 5.97 Å². The van der Waals surface area contributed by atoms with E-state index < -0.39 is 17.7 Å². The molecule has 0 radical (unpaired) electrons. The fourth-order valence-electron chi connectivity index (χ4n) is 1.81. The number of hydrogen-bond donors (Lipinski definition) is 2. The Morgan fingerprint density at radius 2 is 1.95 bits per heavy atom. The molecule has 0 bridgehead atoms. The van der Waals surface area contributed by atoms with Crippen molar-refractivity contribution in [3.63, 3.8) is 0 Å². The molecule has 1 aromatic carbocycles. The number of carboxylic acids is 1. The highest BCUT2D eigenvalue weighted by Gasteiger charge is 2.21. The van der Waals surface area contributed by atoms with Crippen LogP contribution in [0.4, 0.5) is 4.39 Å². The summed E-state index contributed by atoms with van der Waals surface area (Å²) in [5, 5.41) is 11.0. The molecule has 21 heavy (non-hydrogen) atoms. The fourth-order valence-corrected chi connectivity index (χ4v) is 1.81. The zero-order valence-electron chi connectivity index (χ0n) is 11.9. The standard InChI is InChI=1S/C14H18FNO5/c1-20-10-7-6-9(15)12(13(10)21-2)14(19)16-8-4-3-5-11(17)18/h6-7H,3-5,8H2,1-2H3,(H,16,19)(H,17,18). The van der Waals surface area contributed by atoms with Crippen LogP contribution in [-0.2, 0) is 4.79 Å². The summed E-state index contributed by atoms with van der Waals surface area (Å²) in [6.07, 6.45) is 0.964. The van der Waals surface area contributed by atoms with Gasteiger partial charge in [0.2, 0.25) is 0 Å². The number of benzene rings is 1. The number of carbonyl (C=O) groups is 2. The first-order valence-electron chi connectivity index (χ1n) is 6.41. The van der Waals surface area contributed by atoms with Crippen molar-refractivity contribution in [3.8, 4) is 11.5 Å². The average Bonchev–Trinajstić information content (AvgIpc) is 2.45. The maximum atomic E-state index is 13.8. The van der Waals surface area contributed by atoms with Crippen LogP contribution in [-0.4, -0.2) is 37.7 Å². The van der Waals surface area contributed by atoms with Crippen LogP contribution in [0.3, 0.4) is 0 Å². The summed E-state index contributed by atoms with van der Waals surface area (Å²) >= 11 is 0. The lowest BCUT2D eigenvalue weighted by atomic mass is 10.1. The normalized spacial score (nSPS) is 10.0. The molecule has 0 unspecified atom stereocenters.